The van der Waals surface area contributed by atoms with Crippen molar-refractivity contribution in [3.05, 3.63) is 20.8 Å². The number of carbonyl (C=O) groups is 3. The Bertz CT molecular complexity index is 561. The second kappa shape index (κ2) is 8.28. The minimum absolute atomic E-state index is 0.197. The fraction of sp³-hybridized carbons (Fsp3) is 0.500. The van der Waals surface area contributed by atoms with Crippen molar-refractivity contribution < 1.29 is 19.5 Å². The smallest absolute Gasteiger partial charge is 0.326 e. The van der Waals surface area contributed by atoms with E-state index >= 15 is 0 Å². The Morgan fingerprint density at radius 1 is 1.27 bits per heavy atom. The molecule has 0 saturated carbocycles. The predicted octanol–water partition coefficient (Wildman–Crippen LogP) is 2.24. The Kier molecular flexibility index (Phi) is 7.02. The molecule has 1 aromatic rings. The summed E-state index contributed by atoms with van der Waals surface area (Å²) in [6, 6.07) is 1.61. The molecule has 0 aliphatic heterocycles. The van der Waals surface area contributed by atoms with Gasteiger partial charge in [0.2, 0.25) is 5.91 Å². The van der Waals surface area contributed by atoms with Crippen LogP contribution in [0.3, 0.4) is 0 Å². The van der Waals surface area contributed by atoms with Crippen LogP contribution >= 0.6 is 27.3 Å². The molecule has 1 rings (SSSR count). The lowest BCUT2D eigenvalue weighted by molar-refractivity contribution is -0.143. The molecule has 0 spiro atoms. The maximum absolute atomic E-state index is 12.1. The Morgan fingerprint density at radius 3 is 2.36 bits per heavy atom. The Labute approximate surface area is 141 Å². The van der Waals surface area contributed by atoms with Crippen LogP contribution in [0.4, 0.5) is 0 Å². The molecule has 3 N–H and O–H groups in total. The van der Waals surface area contributed by atoms with Gasteiger partial charge < -0.3 is 15.7 Å². The first kappa shape index (κ1) is 18.6. The van der Waals surface area contributed by atoms with Gasteiger partial charge in [-0.15, -0.1) is 11.3 Å². The third-order valence-corrected chi connectivity index (χ3v) is 4.94. The Balaban J connectivity index is 2.64. The van der Waals surface area contributed by atoms with Crippen LogP contribution in [0.15, 0.2) is 15.9 Å². The summed E-state index contributed by atoms with van der Waals surface area (Å²) in [7, 11) is 0. The van der Waals surface area contributed by atoms with Gasteiger partial charge in [-0.2, -0.15) is 0 Å². The van der Waals surface area contributed by atoms with Gasteiger partial charge >= 0.3 is 5.97 Å². The van der Waals surface area contributed by atoms with Gasteiger partial charge in [-0.05, 0) is 40.9 Å². The SMILES string of the molecule is CCC(C)C(NC(=O)C(C)NC(=O)c1ccc(Br)s1)C(=O)O. The molecule has 3 atom stereocenters. The van der Waals surface area contributed by atoms with Crippen molar-refractivity contribution in [1.82, 2.24) is 10.6 Å². The minimum atomic E-state index is -1.08. The normalized spacial score (nSPS) is 14.7. The lowest BCUT2D eigenvalue weighted by Gasteiger charge is -2.22. The largest absolute Gasteiger partial charge is 0.480 e. The minimum Gasteiger partial charge on any atom is -0.480 e. The number of hydrogen-bond donors (Lipinski definition) is 3. The van der Waals surface area contributed by atoms with Crippen LogP contribution < -0.4 is 10.6 Å². The average molecular weight is 391 g/mol. The van der Waals surface area contributed by atoms with E-state index in [1.165, 1.54) is 18.3 Å². The average Bonchev–Trinajstić information content (AvgIpc) is 2.89. The van der Waals surface area contributed by atoms with Crippen LogP contribution in [-0.2, 0) is 9.59 Å². The number of halogens is 1. The first-order valence-electron chi connectivity index (χ1n) is 6.85. The molecule has 0 radical (unpaired) electrons. The molecule has 1 aromatic heterocycles. The van der Waals surface area contributed by atoms with Gasteiger partial charge in [-0.3, -0.25) is 9.59 Å². The van der Waals surface area contributed by atoms with Gasteiger partial charge in [0.05, 0.1) is 8.66 Å². The number of aliphatic carboxylic acids is 1. The molecule has 2 amide bonds. The summed E-state index contributed by atoms with van der Waals surface area (Å²) in [5.41, 5.74) is 0. The fourth-order valence-corrected chi connectivity index (χ4v) is 3.02. The van der Waals surface area contributed by atoms with Crippen molar-refractivity contribution in [1.29, 1.82) is 0 Å². The Hall–Kier alpha value is -1.41. The predicted molar refractivity (Wildman–Crippen MR) is 88.0 cm³/mol. The zero-order valence-corrected chi connectivity index (χ0v) is 15.0. The highest BCUT2D eigenvalue weighted by Gasteiger charge is 2.27. The molecule has 3 unspecified atom stereocenters. The summed E-state index contributed by atoms with van der Waals surface area (Å²) >= 11 is 4.52. The molecule has 22 heavy (non-hydrogen) atoms. The lowest BCUT2D eigenvalue weighted by atomic mass is 9.99. The van der Waals surface area contributed by atoms with Crippen molar-refractivity contribution in [2.75, 3.05) is 0 Å². The van der Waals surface area contributed by atoms with E-state index in [-0.39, 0.29) is 11.8 Å². The molecule has 0 aliphatic carbocycles. The van der Waals surface area contributed by atoms with Crippen molar-refractivity contribution >= 4 is 45.1 Å². The highest BCUT2D eigenvalue weighted by atomic mass is 79.9. The zero-order valence-electron chi connectivity index (χ0n) is 12.6. The third kappa shape index (κ3) is 5.10. The third-order valence-electron chi connectivity index (χ3n) is 3.31. The number of carboxylic acid groups (broad SMARTS) is 1. The van der Waals surface area contributed by atoms with Crippen LogP contribution in [0, 0.1) is 5.92 Å². The van der Waals surface area contributed by atoms with Crippen molar-refractivity contribution in [3.8, 4) is 0 Å². The van der Waals surface area contributed by atoms with E-state index in [2.05, 4.69) is 26.6 Å². The molecule has 0 fully saturated rings. The van der Waals surface area contributed by atoms with Crippen molar-refractivity contribution in [2.24, 2.45) is 5.92 Å². The quantitative estimate of drug-likeness (QED) is 0.664. The van der Waals surface area contributed by atoms with Gasteiger partial charge in [-0.1, -0.05) is 20.3 Å². The first-order chi connectivity index (χ1) is 10.3. The number of thiophene rings is 1. The van der Waals surface area contributed by atoms with Crippen molar-refractivity contribution in [3.63, 3.8) is 0 Å². The Morgan fingerprint density at radius 2 is 1.91 bits per heavy atom. The van der Waals surface area contributed by atoms with Crippen LogP contribution in [0.1, 0.15) is 36.9 Å². The topological polar surface area (TPSA) is 95.5 Å². The van der Waals surface area contributed by atoms with E-state index in [0.29, 0.717) is 11.3 Å². The molecule has 8 heteroatoms. The highest BCUT2D eigenvalue weighted by Crippen LogP contribution is 2.21. The summed E-state index contributed by atoms with van der Waals surface area (Å²) in [5, 5.41) is 14.2. The molecule has 122 valence electrons. The summed E-state index contributed by atoms with van der Waals surface area (Å²) in [6.07, 6.45) is 0.626. The number of carbonyl (C=O) groups excluding carboxylic acids is 2. The summed E-state index contributed by atoms with van der Waals surface area (Å²) < 4.78 is 0.817. The summed E-state index contributed by atoms with van der Waals surface area (Å²) in [5.74, 6) is -2.16. The van der Waals surface area contributed by atoms with Crippen LogP contribution in [0.5, 0.6) is 0 Å². The monoisotopic (exact) mass is 390 g/mol. The second-order valence-electron chi connectivity index (χ2n) is 5.01. The van der Waals surface area contributed by atoms with E-state index in [4.69, 9.17) is 5.11 Å². The molecule has 0 aliphatic rings. The van der Waals surface area contributed by atoms with Gasteiger partial charge in [0, 0.05) is 0 Å². The zero-order chi connectivity index (χ0) is 16.9. The van der Waals surface area contributed by atoms with Gasteiger partial charge in [0.1, 0.15) is 12.1 Å². The van der Waals surface area contributed by atoms with Crippen LogP contribution in [0.2, 0.25) is 0 Å². The van der Waals surface area contributed by atoms with E-state index in [1.54, 1.807) is 19.1 Å². The van der Waals surface area contributed by atoms with Gasteiger partial charge in [0.25, 0.3) is 5.91 Å². The lowest BCUT2D eigenvalue weighted by Crippen LogP contribution is -2.52. The van der Waals surface area contributed by atoms with Crippen LogP contribution in [0.25, 0.3) is 0 Å². The maximum Gasteiger partial charge on any atom is 0.326 e. The first-order valence-corrected chi connectivity index (χ1v) is 8.46. The highest BCUT2D eigenvalue weighted by molar-refractivity contribution is 9.11. The molecule has 6 nitrogen and oxygen atoms in total. The molecule has 0 aromatic carbocycles. The summed E-state index contributed by atoms with van der Waals surface area (Å²) in [6.45, 7) is 5.13. The number of hydrogen-bond acceptors (Lipinski definition) is 4. The van der Waals surface area contributed by atoms with Crippen LogP contribution in [-0.4, -0.2) is 35.0 Å². The molecule has 0 bridgehead atoms. The van der Waals surface area contributed by atoms with Crippen molar-refractivity contribution in [2.45, 2.75) is 39.3 Å². The van der Waals surface area contributed by atoms with E-state index in [1.807, 2.05) is 6.92 Å². The van der Waals surface area contributed by atoms with E-state index in [0.717, 1.165) is 3.79 Å². The number of nitrogens with one attached hydrogen (secondary N) is 2. The van der Waals surface area contributed by atoms with E-state index in [9.17, 15) is 14.4 Å². The number of amides is 2. The molecular weight excluding hydrogens is 372 g/mol. The number of rotatable bonds is 7. The second-order valence-corrected chi connectivity index (χ2v) is 7.47. The maximum atomic E-state index is 12.1. The van der Waals surface area contributed by atoms with Gasteiger partial charge in [0.15, 0.2) is 0 Å². The van der Waals surface area contributed by atoms with Gasteiger partial charge in [-0.25, -0.2) is 4.79 Å². The molecular formula is C14H19BrN2O4S. The summed E-state index contributed by atoms with van der Waals surface area (Å²) in [4.78, 5) is 35.7. The fourth-order valence-electron chi connectivity index (χ4n) is 1.73. The molecule has 1 heterocycles. The standard InChI is InChI=1S/C14H19BrN2O4S/c1-4-7(2)11(14(20)21)17-12(18)8(3)16-13(19)9-5-6-10(15)22-9/h5-8,11H,4H2,1-3H3,(H,16,19)(H,17,18)(H,20,21). The van der Waals surface area contributed by atoms with E-state index < -0.39 is 24.0 Å². The molecule has 0 saturated heterocycles. The number of carboxylic acids is 1.